The van der Waals surface area contributed by atoms with Gasteiger partial charge >= 0.3 is 0 Å². The van der Waals surface area contributed by atoms with Crippen LogP contribution >= 0.6 is 0 Å². The molecule has 0 spiro atoms. The van der Waals surface area contributed by atoms with Crippen LogP contribution in [0.25, 0.3) is 11.1 Å². The highest BCUT2D eigenvalue weighted by atomic mass is 16.5. The Labute approximate surface area is 116 Å². The van der Waals surface area contributed by atoms with Gasteiger partial charge in [-0.05, 0) is 36.8 Å². The highest BCUT2D eigenvalue weighted by Gasteiger charge is 2.07. The lowest BCUT2D eigenvalue weighted by Crippen LogP contribution is -1.95. The molecule has 4 heteroatoms. The van der Waals surface area contributed by atoms with Crippen LogP contribution in [0.2, 0.25) is 0 Å². The van der Waals surface area contributed by atoms with Crippen LogP contribution in [-0.2, 0) is 13.2 Å². The standard InChI is InChI=1S/C16H15NO3/c1-11-2-5-13(6-3-11)19-10-16-17-14-8-12(9-18)4-7-15(14)20-16/h2-8,18H,9-10H2,1H3. The molecule has 4 nitrogen and oxygen atoms in total. The molecule has 0 fully saturated rings. The van der Waals surface area contributed by atoms with Crippen molar-refractivity contribution >= 4 is 11.1 Å². The smallest absolute Gasteiger partial charge is 0.233 e. The van der Waals surface area contributed by atoms with Crippen LogP contribution in [-0.4, -0.2) is 10.1 Å². The zero-order valence-electron chi connectivity index (χ0n) is 11.2. The van der Waals surface area contributed by atoms with Gasteiger partial charge in [-0.15, -0.1) is 0 Å². The summed E-state index contributed by atoms with van der Waals surface area (Å²) in [7, 11) is 0. The third-order valence-electron chi connectivity index (χ3n) is 3.06. The number of aryl methyl sites for hydroxylation is 1. The van der Waals surface area contributed by atoms with Crippen LogP contribution in [0.1, 0.15) is 17.0 Å². The minimum Gasteiger partial charge on any atom is -0.484 e. The van der Waals surface area contributed by atoms with Crippen molar-refractivity contribution in [2.75, 3.05) is 0 Å². The largest absolute Gasteiger partial charge is 0.484 e. The summed E-state index contributed by atoms with van der Waals surface area (Å²) < 4.78 is 11.2. The minimum absolute atomic E-state index is 0.00198. The Bertz CT molecular complexity index is 716. The Balaban J connectivity index is 1.75. The van der Waals surface area contributed by atoms with E-state index in [1.54, 1.807) is 0 Å². The summed E-state index contributed by atoms with van der Waals surface area (Å²) in [6, 6.07) is 13.3. The van der Waals surface area contributed by atoms with Crippen LogP contribution in [0.5, 0.6) is 5.75 Å². The minimum atomic E-state index is -0.00198. The number of aliphatic hydroxyl groups excluding tert-OH is 1. The summed E-state index contributed by atoms with van der Waals surface area (Å²) in [6.07, 6.45) is 0. The maximum Gasteiger partial charge on any atom is 0.233 e. The highest BCUT2D eigenvalue weighted by Crippen LogP contribution is 2.19. The normalized spacial score (nSPS) is 10.9. The Hall–Kier alpha value is -2.33. The van der Waals surface area contributed by atoms with Gasteiger partial charge in [0.1, 0.15) is 11.3 Å². The van der Waals surface area contributed by atoms with Crippen LogP contribution in [0.3, 0.4) is 0 Å². The maximum atomic E-state index is 9.10. The molecule has 3 rings (SSSR count). The average Bonchev–Trinajstić information content (AvgIpc) is 2.88. The number of fused-ring (bicyclic) bond motifs is 1. The molecule has 0 saturated heterocycles. The SMILES string of the molecule is Cc1ccc(OCc2nc3cc(CO)ccc3o2)cc1. The number of rotatable bonds is 4. The molecule has 0 radical (unpaired) electrons. The Kier molecular flexibility index (Phi) is 3.39. The molecule has 1 heterocycles. The first-order chi connectivity index (χ1) is 9.74. The molecule has 20 heavy (non-hydrogen) atoms. The molecule has 1 N–H and O–H groups in total. The Morgan fingerprint density at radius 2 is 1.95 bits per heavy atom. The molecule has 102 valence electrons. The monoisotopic (exact) mass is 269 g/mol. The van der Waals surface area contributed by atoms with Crippen molar-refractivity contribution in [3.8, 4) is 5.75 Å². The van der Waals surface area contributed by atoms with Crippen LogP contribution in [0.15, 0.2) is 46.9 Å². The fraction of sp³-hybridized carbons (Fsp3) is 0.188. The van der Waals surface area contributed by atoms with E-state index >= 15 is 0 Å². The van der Waals surface area contributed by atoms with Crippen LogP contribution in [0, 0.1) is 6.92 Å². The van der Waals surface area contributed by atoms with E-state index in [-0.39, 0.29) is 13.2 Å². The van der Waals surface area contributed by atoms with Gasteiger partial charge in [-0.2, -0.15) is 0 Å². The fourth-order valence-corrected chi connectivity index (χ4v) is 1.96. The summed E-state index contributed by atoms with van der Waals surface area (Å²) >= 11 is 0. The number of aliphatic hydroxyl groups is 1. The summed E-state index contributed by atoms with van der Waals surface area (Å²) in [6.45, 7) is 2.31. The lowest BCUT2D eigenvalue weighted by molar-refractivity contribution is 0.267. The van der Waals surface area contributed by atoms with Crippen molar-refractivity contribution in [2.24, 2.45) is 0 Å². The van der Waals surface area contributed by atoms with Crippen LogP contribution < -0.4 is 4.74 Å². The third kappa shape index (κ3) is 2.65. The number of nitrogens with zero attached hydrogens (tertiary/aromatic N) is 1. The first kappa shape index (κ1) is 12.7. The van der Waals surface area contributed by atoms with Crippen molar-refractivity contribution in [3.63, 3.8) is 0 Å². The maximum absolute atomic E-state index is 9.10. The molecule has 0 unspecified atom stereocenters. The molecule has 0 saturated carbocycles. The van der Waals surface area contributed by atoms with Gasteiger partial charge in [0.15, 0.2) is 12.2 Å². The van der Waals surface area contributed by atoms with Gasteiger partial charge in [-0.3, -0.25) is 0 Å². The number of hydrogen-bond acceptors (Lipinski definition) is 4. The molecule has 0 aliphatic carbocycles. The molecule has 0 aliphatic heterocycles. The lowest BCUT2D eigenvalue weighted by Gasteiger charge is -2.03. The second-order valence-corrected chi connectivity index (χ2v) is 4.67. The zero-order valence-corrected chi connectivity index (χ0v) is 11.2. The van der Waals surface area contributed by atoms with Crippen LogP contribution in [0.4, 0.5) is 0 Å². The molecule has 0 aliphatic rings. The first-order valence-corrected chi connectivity index (χ1v) is 6.43. The van der Waals surface area contributed by atoms with Crippen molar-refractivity contribution in [3.05, 3.63) is 59.5 Å². The van der Waals surface area contributed by atoms with E-state index in [0.717, 1.165) is 16.8 Å². The van der Waals surface area contributed by atoms with E-state index in [0.29, 0.717) is 11.5 Å². The first-order valence-electron chi connectivity index (χ1n) is 6.43. The molecule has 1 aromatic heterocycles. The van der Waals surface area contributed by atoms with E-state index < -0.39 is 0 Å². The Morgan fingerprint density at radius 3 is 2.70 bits per heavy atom. The summed E-state index contributed by atoms with van der Waals surface area (Å²) in [5, 5.41) is 9.10. The van der Waals surface area contributed by atoms with E-state index in [9.17, 15) is 0 Å². The van der Waals surface area contributed by atoms with Crippen molar-refractivity contribution in [2.45, 2.75) is 20.1 Å². The predicted molar refractivity (Wildman–Crippen MR) is 75.4 cm³/mol. The summed E-state index contributed by atoms with van der Waals surface area (Å²) in [5.41, 5.74) is 3.44. The molecule has 3 aromatic rings. The summed E-state index contributed by atoms with van der Waals surface area (Å²) in [5.74, 6) is 1.31. The van der Waals surface area contributed by atoms with Gasteiger partial charge < -0.3 is 14.3 Å². The van der Waals surface area contributed by atoms with E-state index in [4.69, 9.17) is 14.3 Å². The van der Waals surface area contributed by atoms with E-state index in [1.165, 1.54) is 5.56 Å². The predicted octanol–water partition coefficient (Wildman–Crippen LogP) is 3.21. The van der Waals surface area contributed by atoms with Gasteiger partial charge in [0.05, 0.1) is 6.61 Å². The number of ether oxygens (including phenoxy) is 1. The molecule has 0 atom stereocenters. The Morgan fingerprint density at radius 1 is 1.15 bits per heavy atom. The number of hydrogen-bond donors (Lipinski definition) is 1. The quantitative estimate of drug-likeness (QED) is 0.790. The summed E-state index contributed by atoms with van der Waals surface area (Å²) in [4.78, 5) is 4.35. The van der Waals surface area contributed by atoms with E-state index in [2.05, 4.69) is 4.98 Å². The number of oxazole rings is 1. The topological polar surface area (TPSA) is 55.5 Å². The van der Waals surface area contributed by atoms with Gasteiger partial charge in [-0.25, -0.2) is 4.98 Å². The van der Waals surface area contributed by atoms with Crippen molar-refractivity contribution < 1.29 is 14.3 Å². The lowest BCUT2D eigenvalue weighted by atomic mass is 10.2. The van der Waals surface area contributed by atoms with E-state index in [1.807, 2.05) is 49.4 Å². The number of aromatic nitrogens is 1. The molecular weight excluding hydrogens is 254 g/mol. The molecule has 0 amide bonds. The van der Waals surface area contributed by atoms with Gasteiger partial charge in [0.2, 0.25) is 5.89 Å². The van der Waals surface area contributed by atoms with Gasteiger partial charge in [0, 0.05) is 0 Å². The molecule has 0 bridgehead atoms. The highest BCUT2D eigenvalue weighted by molar-refractivity contribution is 5.73. The van der Waals surface area contributed by atoms with Crippen molar-refractivity contribution in [1.29, 1.82) is 0 Å². The fourth-order valence-electron chi connectivity index (χ4n) is 1.96. The number of benzene rings is 2. The van der Waals surface area contributed by atoms with Gasteiger partial charge in [0.25, 0.3) is 0 Å². The van der Waals surface area contributed by atoms with Crippen molar-refractivity contribution in [1.82, 2.24) is 4.98 Å². The average molecular weight is 269 g/mol. The van der Waals surface area contributed by atoms with Gasteiger partial charge in [-0.1, -0.05) is 23.8 Å². The third-order valence-corrected chi connectivity index (χ3v) is 3.06. The molecule has 2 aromatic carbocycles. The second-order valence-electron chi connectivity index (χ2n) is 4.67. The second kappa shape index (κ2) is 5.35. The zero-order chi connectivity index (χ0) is 13.9. The molecular formula is C16H15NO3.